The highest BCUT2D eigenvalue weighted by molar-refractivity contribution is 6.22. The number of aromatic nitrogens is 3. The van der Waals surface area contributed by atoms with Gasteiger partial charge in [0.2, 0.25) is 5.89 Å². The highest BCUT2D eigenvalue weighted by atomic mass is 16.3. The van der Waals surface area contributed by atoms with E-state index in [0.717, 1.165) is 67.3 Å². The smallest absolute Gasteiger partial charge is 0.227 e. The molecule has 0 aliphatic carbocycles. The predicted molar refractivity (Wildman–Crippen MR) is 266 cm³/mol. The van der Waals surface area contributed by atoms with Crippen LogP contribution in [0.2, 0.25) is 0 Å². The number of benzene rings is 10. The van der Waals surface area contributed by atoms with E-state index in [-0.39, 0.29) is 0 Å². The van der Waals surface area contributed by atoms with Crippen LogP contribution in [-0.4, -0.2) is 14.1 Å². The average molecular weight is 819 g/mol. The van der Waals surface area contributed by atoms with Gasteiger partial charge in [-0.15, -0.1) is 0 Å². The summed E-state index contributed by atoms with van der Waals surface area (Å²) in [5.74, 6) is 0.594. The van der Waals surface area contributed by atoms with Crippen LogP contribution in [0.25, 0.3) is 99.4 Å². The minimum atomic E-state index is 0.594. The summed E-state index contributed by atoms with van der Waals surface area (Å²) in [7, 11) is 0. The molecule has 0 radical (unpaired) electrons. The van der Waals surface area contributed by atoms with E-state index in [0.29, 0.717) is 5.89 Å². The van der Waals surface area contributed by atoms with Crippen LogP contribution >= 0.6 is 0 Å². The van der Waals surface area contributed by atoms with Crippen LogP contribution in [0.1, 0.15) is 0 Å². The zero-order valence-electron chi connectivity index (χ0n) is 34.6. The summed E-state index contributed by atoms with van der Waals surface area (Å²) in [6, 6.07) is 82.2. The Kier molecular flexibility index (Phi) is 8.15. The van der Waals surface area contributed by atoms with Crippen LogP contribution in [0, 0.1) is 0 Å². The van der Waals surface area contributed by atoms with Gasteiger partial charge in [0.1, 0.15) is 5.52 Å². The van der Waals surface area contributed by atoms with Gasteiger partial charge in [0.15, 0.2) is 5.58 Å². The number of para-hydroxylation sites is 4. The van der Waals surface area contributed by atoms with Crippen molar-refractivity contribution in [3.8, 4) is 34.0 Å². The maximum absolute atomic E-state index is 6.72. The monoisotopic (exact) mass is 818 g/mol. The van der Waals surface area contributed by atoms with Crippen molar-refractivity contribution in [3.63, 3.8) is 0 Å². The lowest BCUT2D eigenvalue weighted by Gasteiger charge is -2.26. The van der Waals surface area contributed by atoms with Crippen molar-refractivity contribution in [1.29, 1.82) is 0 Å². The fraction of sp³-hybridized carbons (Fsp3) is 0. The molecule has 13 aromatic rings. The SMILES string of the molecule is c1ccc(-c2cccc(N(c3ccc4ccc5c(c4c3)c3ccccc3n5-c3ccc4c(c3)c3ccccc3n4-c3ccccc3)c3cccc4nc(-c5ccccc5)oc34)c2)cc1. The van der Waals surface area contributed by atoms with Crippen LogP contribution in [0.4, 0.5) is 17.1 Å². The summed E-state index contributed by atoms with van der Waals surface area (Å²) in [5, 5.41) is 7.21. The molecule has 0 saturated carbocycles. The van der Waals surface area contributed by atoms with Crippen molar-refractivity contribution in [2.24, 2.45) is 0 Å². The van der Waals surface area contributed by atoms with Gasteiger partial charge in [-0.05, 0) is 119 Å². The Morgan fingerprint density at radius 3 is 1.80 bits per heavy atom. The lowest BCUT2D eigenvalue weighted by molar-refractivity contribution is 0.620. The average Bonchev–Trinajstić information content (AvgIpc) is 4.06. The first-order valence-corrected chi connectivity index (χ1v) is 21.7. The molecule has 0 N–H and O–H groups in total. The third-order valence-corrected chi connectivity index (χ3v) is 12.7. The molecule has 13 rings (SSSR count). The van der Waals surface area contributed by atoms with Gasteiger partial charge >= 0.3 is 0 Å². The van der Waals surface area contributed by atoms with Crippen molar-refractivity contribution in [3.05, 3.63) is 231 Å². The van der Waals surface area contributed by atoms with Crippen molar-refractivity contribution in [1.82, 2.24) is 14.1 Å². The molecular formula is C59H38N4O. The second-order valence-electron chi connectivity index (χ2n) is 16.4. The Hall–Kier alpha value is -8.67. The molecular weight excluding hydrogens is 781 g/mol. The molecule has 0 spiro atoms. The van der Waals surface area contributed by atoms with Gasteiger partial charge in [0.25, 0.3) is 0 Å². The first-order chi connectivity index (χ1) is 31.7. The maximum Gasteiger partial charge on any atom is 0.227 e. The first-order valence-electron chi connectivity index (χ1n) is 21.7. The molecule has 64 heavy (non-hydrogen) atoms. The van der Waals surface area contributed by atoms with E-state index in [1.54, 1.807) is 0 Å². The maximum atomic E-state index is 6.72. The van der Waals surface area contributed by atoms with Gasteiger partial charge in [0.05, 0.1) is 27.8 Å². The number of anilines is 3. The molecule has 3 aromatic heterocycles. The van der Waals surface area contributed by atoms with E-state index in [2.05, 4.69) is 208 Å². The Bertz CT molecular complexity index is 3900. The third kappa shape index (κ3) is 5.68. The fourth-order valence-electron chi connectivity index (χ4n) is 9.85. The summed E-state index contributed by atoms with van der Waals surface area (Å²) < 4.78 is 11.5. The number of oxazole rings is 1. The van der Waals surface area contributed by atoms with Crippen LogP contribution in [0.3, 0.4) is 0 Å². The topological polar surface area (TPSA) is 39.1 Å². The van der Waals surface area contributed by atoms with Gasteiger partial charge in [-0.3, -0.25) is 0 Å². The quantitative estimate of drug-likeness (QED) is 0.161. The largest absolute Gasteiger partial charge is 0.434 e. The molecule has 300 valence electrons. The third-order valence-electron chi connectivity index (χ3n) is 12.7. The molecule has 0 unspecified atom stereocenters. The summed E-state index contributed by atoms with van der Waals surface area (Å²) >= 11 is 0. The van der Waals surface area contributed by atoms with Crippen LogP contribution in [-0.2, 0) is 0 Å². The Morgan fingerprint density at radius 2 is 0.984 bits per heavy atom. The summed E-state index contributed by atoms with van der Waals surface area (Å²) in [6.45, 7) is 0. The molecule has 5 heteroatoms. The molecule has 0 bridgehead atoms. The molecule has 3 heterocycles. The lowest BCUT2D eigenvalue weighted by Crippen LogP contribution is -2.10. The molecule has 10 aromatic carbocycles. The van der Waals surface area contributed by atoms with Crippen molar-refractivity contribution < 1.29 is 4.42 Å². The summed E-state index contributed by atoms with van der Waals surface area (Å²) in [5.41, 5.74) is 14.7. The summed E-state index contributed by atoms with van der Waals surface area (Å²) in [6.07, 6.45) is 0. The van der Waals surface area contributed by atoms with Crippen molar-refractivity contribution in [2.45, 2.75) is 0 Å². The molecule has 0 saturated heterocycles. The van der Waals surface area contributed by atoms with Gasteiger partial charge < -0.3 is 18.5 Å². The lowest BCUT2D eigenvalue weighted by atomic mass is 10.0. The fourth-order valence-corrected chi connectivity index (χ4v) is 9.85. The molecule has 0 aliphatic rings. The number of hydrogen-bond donors (Lipinski definition) is 0. The van der Waals surface area contributed by atoms with E-state index in [1.165, 1.54) is 43.4 Å². The summed E-state index contributed by atoms with van der Waals surface area (Å²) in [4.78, 5) is 7.31. The molecule has 0 amide bonds. The van der Waals surface area contributed by atoms with E-state index < -0.39 is 0 Å². The van der Waals surface area contributed by atoms with E-state index >= 15 is 0 Å². The normalized spacial score (nSPS) is 11.8. The second kappa shape index (κ2) is 14.5. The highest BCUT2D eigenvalue weighted by Gasteiger charge is 2.23. The minimum Gasteiger partial charge on any atom is -0.434 e. The van der Waals surface area contributed by atoms with E-state index in [1.807, 2.05) is 36.4 Å². The second-order valence-corrected chi connectivity index (χ2v) is 16.4. The van der Waals surface area contributed by atoms with Gasteiger partial charge in [-0.25, -0.2) is 4.98 Å². The molecule has 5 nitrogen and oxygen atoms in total. The number of fused-ring (bicyclic) bond motifs is 9. The van der Waals surface area contributed by atoms with Crippen LogP contribution < -0.4 is 4.90 Å². The Balaban J connectivity index is 1.04. The zero-order valence-corrected chi connectivity index (χ0v) is 34.6. The Labute approximate surface area is 368 Å². The minimum absolute atomic E-state index is 0.594. The van der Waals surface area contributed by atoms with E-state index in [4.69, 9.17) is 9.40 Å². The molecule has 0 aliphatic heterocycles. The predicted octanol–water partition coefficient (Wildman–Crippen LogP) is 16.0. The number of hydrogen-bond acceptors (Lipinski definition) is 3. The zero-order chi connectivity index (χ0) is 42.1. The highest BCUT2D eigenvalue weighted by Crippen LogP contribution is 2.45. The van der Waals surface area contributed by atoms with Crippen molar-refractivity contribution in [2.75, 3.05) is 4.90 Å². The Morgan fingerprint density at radius 1 is 0.375 bits per heavy atom. The van der Waals surface area contributed by atoms with E-state index in [9.17, 15) is 0 Å². The number of nitrogens with zero attached hydrogens (tertiary/aromatic N) is 4. The standard InChI is InChI=1S/C59H38N4O/c1-4-16-39(17-5-1)42-20-14-23-44(36-42)61(56-29-15-26-51-58(56)64-59(60-51)41-18-6-2-7-19-41)45-32-30-40-31-34-55-57(49(40)37-45)48-25-11-13-28-53(48)63(55)46-33-35-54-50(38-46)47-24-10-12-27-52(47)62(54)43-21-8-3-9-22-43/h1-38H. The van der Waals surface area contributed by atoms with Gasteiger partial charge in [-0.2, -0.15) is 0 Å². The molecule has 0 atom stereocenters. The number of rotatable bonds is 7. The van der Waals surface area contributed by atoms with Crippen LogP contribution in [0.5, 0.6) is 0 Å². The van der Waals surface area contributed by atoms with Gasteiger partial charge in [0, 0.05) is 49.9 Å². The molecule has 0 fully saturated rings. The van der Waals surface area contributed by atoms with Crippen molar-refractivity contribution >= 4 is 82.5 Å². The van der Waals surface area contributed by atoms with Gasteiger partial charge in [-0.1, -0.05) is 133 Å². The van der Waals surface area contributed by atoms with Crippen LogP contribution in [0.15, 0.2) is 235 Å². The first kappa shape index (κ1) is 36.0.